The highest BCUT2D eigenvalue weighted by atomic mass is 32.2. The van der Waals surface area contributed by atoms with Gasteiger partial charge in [-0.3, -0.25) is 0 Å². The normalized spacial score (nSPS) is 18.3. The number of piperidine rings is 1. The Kier molecular flexibility index (Phi) is 4.91. The number of sulfonamides is 1. The highest BCUT2D eigenvalue weighted by Crippen LogP contribution is 2.26. The van der Waals surface area contributed by atoms with Gasteiger partial charge in [0.2, 0.25) is 10.0 Å². The Morgan fingerprint density at radius 2 is 1.90 bits per heavy atom. The van der Waals surface area contributed by atoms with Crippen LogP contribution in [0, 0.1) is 12.8 Å². The summed E-state index contributed by atoms with van der Waals surface area (Å²) in [7, 11) is 0.716. The van der Waals surface area contributed by atoms with Gasteiger partial charge in [0.15, 0.2) is 0 Å². The SMILES string of the molecule is Cc1cc(N)ccc1S(=O)(=O)N1CCC(CN(C)C)CC1. The molecule has 0 radical (unpaired) electrons. The van der Waals surface area contributed by atoms with Crippen LogP contribution in [0.1, 0.15) is 18.4 Å². The van der Waals surface area contributed by atoms with Crippen LogP contribution in [-0.2, 0) is 10.0 Å². The molecule has 1 aliphatic rings. The van der Waals surface area contributed by atoms with E-state index < -0.39 is 10.0 Å². The summed E-state index contributed by atoms with van der Waals surface area (Å²) >= 11 is 0. The Morgan fingerprint density at radius 3 is 2.43 bits per heavy atom. The summed E-state index contributed by atoms with van der Waals surface area (Å²) in [6.07, 6.45) is 1.84. The van der Waals surface area contributed by atoms with Crippen LogP contribution in [-0.4, -0.2) is 51.4 Å². The predicted molar refractivity (Wildman–Crippen MR) is 85.6 cm³/mol. The number of nitrogens with two attached hydrogens (primary N) is 1. The number of nitrogen functional groups attached to an aromatic ring is 1. The molecule has 0 saturated carbocycles. The third-order valence-electron chi connectivity index (χ3n) is 4.01. The van der Waals surface area contributed by atoms with E-state index in [0.29, 0.717) is 35.2 Å². The average Bonchev–Trinajstić information content (AvgIpc) is 2.38. The van der Waals surface area contributed by atoms with E-state index in [2.05, 4.69) is 19.0 Å². The fraction of sp³-hybridized carbons (Fsp3) is 0.600. The van der Waals surface area contributed by atoms with Crippen molar-refractivity contribution in [1.29, 1.82) is 0 Å². The second-order valence-corrected chi connectivity index (χ2v) is 8.04. The van der Waals surface area contributed by atoms with Gasteiger partial charge in [-0.1, -0.05) is 0 Å². The zero-order valence-electron chi connectivity index (χ0n) is 13.0. The smallest absolute Gasteiger partial charge is 0.243 e. The van der Waals surface area contributed by atoms with E-state index in [1.807, 2.05) is 0 Å². The molecular formula is C15H25N3O2S. The zero-order valence-corrected chi connectivity index (χ0v) is 13.9. The van der Waals surface area contributed by atoms with Crippen LogP contribution < -0.4 is 5.73 Å². The van der Waals surface area contributed by atoms with Crippen LogP contribution in [0.25, 0.3) is 0 Å². The van der Waals surface area contributed by atoms with Gasteiger partial charge in [0, 0.05) is 25.3 Å². The molecule has 1 aromatic carbocycles. The molecule has 1 aromatic rings. The van der Waals surface area contributed by atoms with Crippen LogP contribution in [0.15, 0.2) is 23.1 Å². The number of hydrogen-bond acceptors (Lipinski definition) is 4. The number of hydrogen-bond donors (Lipinski definition) is 1. The molecule has 0 bridgehead atoms. The van der Waals surface area contributed by atoms with Crippen molar-refractivity contribution in [2.75, 3.05) is 39.5 Å². The van der Waals surface area contributed by atoms with Gasteiger partial charge in [0.05, 0.1) is 4.90 Å². The van der Waals surface area contributed by atoms with Crippen molar-refractivity contribution >= 4 is 15.7 Å². The Hall–Kier alpha value is -1.11. The topological polar surface area (TPSA) is 66.6 Å². The molecule has 6 heteroatoms. The first kappa shape index (κ1) is 16.3. The summed E-state index contributed by atoms with van der Waals surface area (Å²) in [4.78, 5) is 2.54. The standard InChI is InChI=1S/C15H25N3O2S/c1-12-10-14(16)4-5-15(12)21(19,20)18-8-6-13(7-9-18)11-17(2)3/h4-5,10,13H,6-9,11,16H2,1-3H3. The van der Waals surface area contributed by atoms with Crippen molar-refractivity contribution in [2.24, 2.45) is 5.92 Å². The summed E-state index contributed by atoms with van der Waals surface area (Å²) < 4.78 is 27.1. The maximum absolute atomic E-state index is 12.7. The van der Waals surface area contributed by atoms with E-state index in [9.17, 15) is 8.42 Å². The molecule has 0 atom stereocenters. The first-order chi connectivity index (χ1) is 9.80. The van der Waals surface area contributed by atoms with Crippen LogP contribution in [0.5, 0.6) is 0 Å². The highest BCUT2D eigenvalue weighted by Gasteiger charge is 2.30. The molecule has 1 heterocycles. The largest absolute Gasteiger partial charge is 0.399 e. The van der Waals surface area contributed by atoms with E-state index in [4.69, 9.17) is 5.73 Å². The minimum Gasteiger partial charge on any atom is -0.399 e. The van der Waals surface area contributed by atoms with E-state index >= 15 is 0 Å². The minimum absolute atomic E-state index is 0.378. The third kappa shape index (κ3) is 3.75. The van der Waals surface area contributed by atoms with Crippen LogP contribution >= 0.6 is 0 Å². The van der Waals surface area contributed by atoms with Crippen molar-refractivity contribution in [3.63, 3.8) is 0 Å². The first-order valence-corrected chi connectivity index (χ1v) is 8.75. The lowest BCUT2D eigenvalue weighted by Crippen LogP contribution is -2.40. The fourth-order valence-electron chi connectivity index (χ4n) is 2.95. The van der Waals surface area contributed by atoms with Crippen molar-refractivity contribution in [3.8, 4) is 0 Å². The summed E-state index contributed by atoms with van der Waals surface area (Å²) in [5.41, 5.74) is 7.01. The van der Waals surface area contributed by atoms with Crippen LogP contribution in [0.4, 0.5) is 5.69 Å². The Labute approximate surface area is 127 Å². The van der Waals surface area contributed by atoms with Gasteiger partial charge < -0.3 is 10.6 Å². The molecule has 118 valence electrons. The molecular weight excluding hydrogens is 286 g/mol. The van der Waals surface area contributed by atoms with Gasteiger partial charge in [-0.25, -0.2) is 8.42 Å². The lowest BCUT2D eigenvalue weighted by molar-refractivity contribution is 0.225. The molecule has 1 fully saturated rings. The van der Waals surface area contributed by atoms with Crippen LogP contribution in [0.2, 0.25) is 0 Å². The predicted octanol–water partition coefficient (Wildman–Crippen LogP) is 1.54. The molecule has 1 saturated heterocycles. The van der Waals surface area contributed by atoms with Gasteiger partial charge in [0.25, 0.3) is 0 Å². The molecule has 0 unspecified atom stereocenters. The lowest BCUT2D eigenvalue weighted by atomic mass is 9.98. The second kappa shape index (κ2) is 6.34. The maximum Gasteiger partial charge on any atom is 0.243 e. The first-order valence-electron chi connectivity index (χ1n) is 7.31. The summed E-state index contributed by atoms with van der Waals surface area (Å²) in [5, 5.41) is 0. The van der Waals surface area contributed by atoms with Gasteiger partial charge in [-0.2, -0.15) is 4.31 Å². The van der Waals surface area contributed by atoms with E-state index in [-0.39, 0.29) is 0 Å². The van der Waals surface area contributed by atoms with Crippen molar-refractivity contribution in [3.05, 3.63) is 23.8 Å². The lowest BCUT2D eigenvalue weighted by Gasteiger charge is -2.32. The summed E-state index contributed by atoms with van der Waals surface area (Å²) in [6, 6.07) is 4.98. The highest BCUT2D eigenvalue weighted by molar-refractivity contribution is 7.89. The molecule has 2 N–H and O–H groups in total. The molecule has 1 aliphatic heterocycles. The van der Waals surface area contributed by atoms with E-state index in [1.54, 1.807) is 29.4 Å². The minimum atomic E-state index is -3.40. The molecule has 0 aromatic heterocycles. The van der Waals surface area contributed by atoms with Gasteiger partial charge in [0.1, 0.15) is 0 Å². The number of rotatable bonds is 4. The molecule has 5 nitrogen and oxygen atoms in total. The fourth-order valence-corrected chi connectivity index (χ4v) is 4.63. The quantitative estimate of drug-likeness (QED) is 0.857. The maximum atomic E-state index is 12.7. The Bertz CT molecular complexity index is 591. The number of benzene rings is 1. The summed E-state index contributed by atoms with van der Waals surface area (Å²) in [6.45, 7) is 4.02. The molecule has 0 amide bonds. The molecule has 0 aliphatic carbocycles. The average molecular weight is 311 g/mol. The third-order valence-corrected chi connectivity index (χ3v) is 6.07. The van der Waals surface area contributed by atoms with E-state index in [0.717, 1.165) is 19.4 Å². The number of nitrogens with zero attached hydrogens (tertiary/aromatic N) is 2. The monoisotopic (exact) mass is 311 g/mol. The van der Waals surface area contributed by atoms with Crippen molar-refractivity contribution < 1.29 is 8.42 Å². The summed E-state index contributed by atoms with van der Waals surface area (Å²) in [5.74, 6) is 0.582. The van der Waals surface area contributed by atoms with Crippen molar-refractivity contribution in [2.45, 2.75) is 24.7 Å². The van der Waals surface area contributed by atoms with Gasteiger partial charge in [-0.15, -0.1) is 0 Å². The van der Waals surface area contributed by atoms with Crippen molar-refractivity contribution in [1.82, 2.24) is 9.21 Å². The number of anilines is 1. The molecule has 0 spiro atoms. The number of aryl methyl sites for hydroxylation is 1. The van der Waals surface area contributed by atoms with Crippen LogP contribution in [0.3, 0.4) is 0 Å². The Balaban J connectivity index is 2.11. The van der Waals surface area contributed by atoms with Gasteiger partial charge in [-0.05, 0) is 63.5 Å². The molecule has 2 rings (SSSR count). The molecule has 21 heavy (non-hydrogen) atoms. The zero-order chi connectivity index (χ0) is 15.6. The van der Waals surface area contributed by atoms with E-state index in [1.165, 1.54) is 0 Å². The van der Waals surface area contributed by atoms with Gasteiger partial charge >= 0.3 is 0 Å². The Morgan fingerprint density at radius 1 is 1.29 bits per heavy atom. The second-order valence-electron chi connectivity index (χ2n) is 6.13.